The van der Waals surface area contributed by atoms with Crippen LogP contribution in [0, 0.1) is 11.2 Å². The molecular formula is C16H25FN2. The summed E-state index contributed by atoms with van der Waals surface area (Å²) in [6, 6.07) is 5.09. The number of nitrogens with zero attached hydrogens (tertiary/aromatic N) is 1. The molecular weight excluding hydrogens is 239 g/mol. The maximum Gasteiger partial charge on any atom is 0.146 e. The number of benzene rings is 1. The maximum atomic E-state index is 14.2. The third kappa shape index (κ3) is 2.92. The molecule has 1 saturated heterocycles. The molecule has 106 valence electrons. The topological polar surface area (TPSA) is 29.3 Å². The molecule has 0 radical (unpaired) electrons. The van der Waals surface area contributed by atoms with E-state index in [9.17, 15) is 4.39 Å². The second-order valence-electron chi connectivity index (χ2n) is 6.12. The second kappa shape index (κ2) is 5.49. The van der Waals surface area contributed by atoms with Gasteiger partial charge in [-0.3, -0.25) is 0 Å². The lowest BCUT2D eigenvalue weighted by molar-refractivity contribution is 0.237. The van der Waals surface area contributed by atoms with Crippen molar-refractivity contribution in [2.45, 2.75) is 46.1 Å². The fraction of sp³-hybridized carbons (Fsp3) is 0.625. The largest absolute Gasteiger partial charge is 0.369 e. The van der Waals surface area contributed by atoms with Crippen molar-refractivity contribution in [3.8, 4) is 0 Å². The summed E-state index contributed by atoms with van der Waals surface area (Å²) in [5.41, 5.74) is 8.02. The van der Waals surface area contributed by atoms with Crippen LogP contribution < -0.4 is 10.6 Å². The first-order valence-corrected chi connectivity index (χ1v) is 7.26. The average molecular weight is 264 g/mol. The highest BCUT2D eigenvalue weighted by molar-refractivity contribution is 5.56. The van der Waals surface area contributed by atoms with Gasteiger partial charge in [0.2, 0.25) is 0 Å². The van der Waals surface area contributed by atoms with E-state index in [0.717, 1.165) is 37.2 Å². The molecule has 2 rings (SSSR count). The third-order valence-corrected chi connectivity index (χ3v) is 4.65. The standard InChI is InChI=1S/C16H25FN2/c1-4-16(3)8-10-19(11-9-16)15-13(12(2)18)6-5-7-14(15)17/h5-7,12H,4,8-11,18H2,1-3H3/t12-/m1/s1. The molecule has 0 aliphatic carbocycles. The summed E-state index contributed by atoms with van der Waals surface area (Å²) in [6.45, 7) is 8.33. The summed E-state index contributed by atoms with van der Waals surface area (Å²) < 4.78 is 14.2. The average Bonchev–Trinajstić information content (AvgIpc) is 2.40. The van der Waals surface area contributed by atoms with E-state index in [-0.39, 0.29) is 11.9 Å². The van der Waals surface area contributed by atoms with Crippen LogP contribution in [0.2, 0.25) is 0 Å². The molecule has 0 aromatic heterocycles. The van der Waals surface area contributed by atoms with Gasteiger partial charge in [-0.05, 0) is 36.8 Å². The van der Waals surface area contributed by atoms with Gasteiger partial charge >= 0.3 is 0 Å². The van der Waals surface area contributed by atoms with Crippen molar-refractivity contribution in [1.82, 2.24) is 0 Å². The van der Waals surface area contributed by atoms with Crippen LogP contribution in [0.15, 0.2) is 18.2 Å². The van der Waals surface area contributed by atoms with Gasteiger partial charge in [0.15, 0.2) is 0 Å². The van der Waals surface area contributed by atoms with Gasteiger partial charge in [0.1, 0.15) is 5.82 Å². The van der Waals surface area contributed by atoms with Crippen molar-refractivity contribution in [1.29, 1.82) is 0 Å². The van der Waals surface area contributed by atoms with Crippen LogP contribution in [0.4, 0.5) is 10.1 Å². The molecule has 1 fully saturated rings. The van der Waals surface area contributed by atoms with Gasteiger partial charge in [0.25, 0.3) is 0 Å². The zero-order chi connectivity index (χ0) is 14.0. The van der Waals surface area contributed by atoms with Crippen LogP contribution in [0.5, 0.6) is 0 Å². The lowest BCUT2D eigenvalue weighted by Gasteiger charge is -2.41. The number of nitrogens with two attached hydrogens (primary N) is 1. The highest BCUT2D eigenvalue weighted by Crippen LogP contribution is 2.38. The normalized spacial score (nSPS) is 20.4. The predicted octanol–water partition coefficient (Wildman–Crippen LogP) is 3.86. The quantitative estimate of drug-likeness (QED) is 0.898. The molecule has 2 nitrogen and oxygen atoms in total. The van der Waals surface area contributed by atoms with Gasteiger partial charge in [-0.1, -0.05) is 32.4 Å². The van der Waals surface area contributed by atoms with E-state index in [2.05, 4.69) is 18.7 Å². The number of hydrogen-bond donors (Lipinski definition) is 1. The third-order valence-electron chi connectivity index (χ3n) is 4.65. The summed E-state index contributed by atoms with van der Waals surface area (Å²) in [4.78, 5) is 2.17. The van der Waals surface area contributed by atoms with E-state index >= 15 is 0 Å². The highest BCUT2D eigenvalue weighted by atomic mass is 19.1. The van der Waals surface area contributed by atoms with E-state index < -0.39 is 0 Å². The Labute approximate surface area is 115 Å². The molecule has 1 heterocycles. The fourth-order valence-electron chi connectivity index (χ4n) is 2.86. The molecule has 1 aromatic rings. The molecule has 19 heavy (non-hydrogen) atoms. The Morgan fingerprint density at radius 1 is 1.37 bits per heavy atom. The minimum absolute atomic E-state index is 0.134. The number of piperidine rings is 1. The minimum Gasteiger partial charge on any atom is -0.369 e. The second-order valence-corrected chi connectivity index (χ2v) is 6.12. The molecule has 0 spiro atoms. The molecule has 1 aliphatic heterocycles. The highest BCUT2D eigenvalue weighted by Gasteiger charge is 2.30. The monoisotopic (exact) mass is 264 g/mol. The Hall–Kier alpha value is -1.09. The van der Waals surface area contributed by atoms with Gasteiger partial charge in [-0.15, -0.1) is 0 Å². The zero-order valence-corrected chi connectivity index (χ0v) is 12.2. The van der Waals surface area contributed by atoms with E-state index in [0.29, 0.717) is 5.41 Å². The summed E-state index contributed by atoms with van der Waals surface area (Å²) in [5.74, 6) is -0.144. The van der Waals surface area contributed by atoms with E-state index in [1.807, 2.05) is 13.0 Å². The van der Waals surface area contributed by atoms with Crippen molar-refractivity contribution in [3.63, 3.8) is 0 Å². The summed E-state index contributed by atoms with van der Waals surface area (Å²) in [7, 11) is 0. The summed E-state index contributed by atoms with van der Waals surface area (Å²) in [6.07, 6.45) is 3.44. The first-order valence-electron chi connectivity index (χ1n) is 7.26. The van der Waals surface area contributed by atoms with E-state index in [1.165, 1.54) is 12.5 Å². The number of anilines is 1. The van der Waals surface area contributed by atoms with Crippen LogP contribution in [0.1, 0.15) is 51.6 Å². The van der Waals surface area contributed by atoms with Gasteiger partial charge in [-0.25, -0.2) is 4.39 Å². The van der Waals surface area contributed by atoms with Crippen LogP contribution in [-0.4, -0.2) is 13.1 Å². The first-order chi connectivity index (χ1) is 8.97. The Balaban J connectivity index is 2.24. The molecule has 3 heteroatoms. The molecule has 1 aliphatic rings. The molecule has 1 aromatic carbocycles. The summed E-state index contributed by atoms with van der Waals surface area (Å²) >= 11 is 0. The Kier molecular flexibility index (Phi) is 4.14. The Morgan fingerprint density at radius 3 is 2.53 bits per heavy atom. The van der Waals surface area contributed by atoms with Crippen LogP contribution in [-0.2, 0) is 0 Å². The number of para-hydroxylation sites is 1. The van der Waals surface area contributed by atoms with Crippen molar-refractivity contribution in [3.05, 3.63) is 29.6 Å². The zero-order valence-electron chi connectivity index (χ0n) is 12.2. The van der Waals surface area contributed by atoms with Crippen LogP contribution in [0.3, 0.4) is 0 Å². The number of rotatable bonds is 3. The molecule has 0 amide bonds. The Morgan fingerprint density at radius 2 is 2.00 bits per heavy atom. The first kappa shape index (κ1) is 14.3. The van der Waals surface area contributed by atoms with Crippen molar-refractivity contribution < 1.29 is 4.39 Å². The van der Waals surface area contributed by atoms with Crippen molar-refractivity contribution in [2.75, 3.05) is 18.0 Å². The molecule has 0 unspecified atom stereocenters. The smallest absolute Gasteiger partial charge is 0.146 e. The minimum atomic E-state index is -0.144. The van der Waals surface area contributed by atoms with E-state index in [4.69, 9.17) is 5.73 Å². The fourth-order valence-corrected chi connectivity index (χ4v) is 2.86. The maximum absolute atomic E-state index is 14.2. The lowest BCUT2D eigenvalue weighted by atomic mass is 9.78. The Bertz CT molecular complexity index is 434. The number of hydrogen-bond acceptors (Lipinski definition) is 2. The molecule has 0 saturated carbocycles. The van der Waals surface area contributed by atoms with Gasteiger partial charge < -0.3 is 10.6 Å². The SMILES string of the molecule is CCC1(C)CCN(c2c(F)cccc2[C@@H](C)N)CC1. The van der Waals surface area contributed by atoms with Gasteiger partial charge in [-0.2, -0.15) is 0 Å². The summed E-state index contributed by atoms with van der Waals surface area (Å²) in [5, 5.41) is 0. The predicted molar refractivity (Wildman–Crippen MR) is 78.8 cm³/mol. The number of halogens is 1. The van der Waals surface area contributed by atoms with Crippen LogP contribution >= 0.6 is 0 Å². The van der Waals surface area contributed by atoms with Gasteiger partial charge in [0.05, 0.1) is 5.69 Å². The molecule has 0 bridgehead atoms. The molecule has 1 atom stereocenters. The van der Waals surface area contributed by atoms with Crippen LogP contribution in [0.25, 0.3) is 0 Å². The van der Waals surface area contributed by atoms with E-state index in [1.54, 1.807) is 6.07 Å². The lowest BCUT2D eigenvalue weighted by Crippen LogP contribution is -2.39. The van der Waals surface area contributed by atoms with Crippen molar-refractivity contribution in [2.24, 2.45) is 11.1 Å². The van der Waals surface area contributed by atoms with Gasteiger partial charge in [0, 0.05) is 19.1 Å². The van der Waals surface area contributed by atoms with Crippen molar-refractivity contribution >= 4 is 5.69 Å². The molecule has 2 N–H and O–H groups in total.